The molecule has 1 aromatic carbocycles. The maximum absolute atomic E-state index is 10.9. The Morgan fingerprint density at radius 3 is 2.92 bits per heavy atom. The van der Waals surface area contributed by atoms with Gasteiger partial charge in [0.2, 0.25) is 17.6 Å². The van der Waals surface area contributed by atoms with Crippen molar-refractivity contribution < 1.29 is 14.1 Å². The molecule has 0 radical (unpaired) electrons. The number of rotatable bonds is 8. The molecule has 0 saturated carbocycles. The molecule has 2 heterocycles. The molecule has 3 aromatic rings. The van der Waals surface area contributed by atoms with Crippen molar-refractivity contribution in [2.45, 2.75) is 23.8 Å². The molecular weight excluding hydrogens is 356 g/mol. The highest BCUT2D eigenvalue weighted by atomic mass is 32.2. The van der Waals surface area contributed by atoms with Gasteiger partial charge in [-0.1, -0.05) is 29.1 Å². The Labute approximate surface area is 153 Å². The van der Waals surface area contributed by atoms with Crippen LogP contribution < -0.4 is 10.5 Å². The van der Waals surface area contributed by atoms with Crippen LogP contribution in [-0.2, 0) is 24.0 Å². The van der Waals surface area contributed by atoms with Crippen molar-refractivity contribution >= 4 is 17.7 Å². The average molecular weight is 374 g/mol. The number of para-hydroxylation sites is 1. The van der Waals surface area contributed by atoms with Gasteiger partial charge in [-0.25, -0.2) is 0 Å². The fourth-order valence-electron chi connectivity index (χ4n) is 2.30. The molecule has 0 fully saturated rings. The van der Waals surface area contributed by atoms with Crippen molar-refractivity contribution in [2.75, 3.05) is 7.11 Å². The van der Waals surface area contributed by atoms with Crippen LogP contribution >= 0.6 is 11.8 Å². The number of thioether (sulfide) groups is 1. The zero-order chi connectivity index (χ0) is 18.5. The lowest BCUT2D eigenvalue weighted by atomic mass is 10.2. The van der Waals surface area contributed by atoms with Gasteiger partial charge in [-0.15, -0.1) is 10.2 Å². The Hall–Kier alpha value is -2.88. The monoisotopic (exact) mass is 374 g/mol. The van der Waals surface area contributed by atoms with Crippen molar-refractivity contribution in [2.24, 2.45) is 12.8 Å². The molecule has 1 amide bonds. The van der Waals surface area contributed by atoms with Gasteiger partial charge in [0.25, 0.3) is 0 Å². The van der Waals surface area contributed by atoms with Gasteiger partial charge >= 0.3 is 0 Å². The number of benzene rings is 1. The summed E-state index contributed by atoms with van der Waals surface area (Å²) in [7, 11) is 3.44. The third-order valence-electron chi connectivity index (χ3n) is 3.66. The Bertz CT molecular complexity index is 907. The molecule has 0 spiro atoms. The SMILES string of the molecule is COc1ccccc1-c1noc(CSc2nnc(CCC(N)=O)n2C)n1. The summed E-state index contributed by atoms with van der Waals surface area (Å²) in [5, 5.41) is 12.9. The zero-order valence-electron chi connectivity index (χ0n) is 14.4. The standard InChI is InChI=1S/C16H18N6O3S/c1-22-13(8-7-12(17)23)19-20-16(22)26-9-14-18-15(21-25-14)10-5-3-4-6-11(10)24-2/h3-6H,7-9H2,1-2H3,(H2,17,23). The number of nitrogens with two attached hydrogens (primary N) is 1. The molecule has 10 heteroatoms. The molecule has 0 bridgehead atoms. The number of ether oxygens (including phenoxy) is 1. The summed E-state index contributed by atoms with van der Waals surface area (Å²) < 4.78 is 12.4. The maximum Gasteiger partial charge on any atom is 0.237 e. The summed E-state index contributed by atoms with van der Waals surface area (Å²) in [6.07, 6.45) is 0.695. The van der Waals surface area contributed by atoms with Crippen molar-refractivity contribution in [1.29, 1.82) is 0 Å². The Balaban J connectivity index is 1.66. The van der Waals surface area contributed by atoms with Gasteiger partial charge < -0.3 is 19.6 Å². The molecule has 26 heavy (non-hydrogen) atoms. The normalized spacial score (nSPS) is 10.8. The molecule has 2 aromatic heterocycles. The van der Waals surface area contributed by atoms with Crippen LogP contribution in [-0.4, -0.2) is 37.9 Å². The van der Waals surface area contributed by atoms with Gasteiger partial charge in [0.15, 0.2) is 5.16 Å². The first-order chi connectivity index (χ1) is 12.6. The second-order valence-electron chi connectivity index (χ2n) is 5.42. The van der Waals surface area contributed by atoms with E-state index in [2.05, 4.69) is 20.3 Å². The summed E-state index contributed by atoms with van der Waals surface area (Å²) in [5.41, 5.74) is 5.93. The van der Waals surface area contributed by atoms with E-state index in [9.17, 15) is 4.79 Å². The molecule has 0 atom stereocenters. The summed E-state index contributed by atoms with van der Waals surface area (Å²) in [6, 6.07) is 7.47. The number of amides is 1. The summed E-state index contributed by atoms with van der Waals surface area (Å²) in [6.45, 7) is 0. The number of primary amides is 1. The first kappa shape index (κ1) is 17.9. The lowest BCUT2D eigenvalue weighted by molar-refractivity contribution is -0.118. The predicted octanol–water partition coefficient (Wildman–Crippen LogP) is 1.58. The number of carbonyl (C=O) groups excluding carboxylic acids is 1. The third-order valence-corrected chi connectivity index (χ3v) is 4.67. The Morgan fingerprint density at radius 2 is 2.15 bits per heavy atom. The van der Waals surface area contributed by atoms with Crippen LogP contribution in [0.4, 0.5) is 0 Å². The second-order valence-corrected chi connectivity index (χ2v) is 6.37. The van der Waals surface area contributed by atoms with Gasteiger partial charge in [-0.3, -0.25) is 4.79 Å². The van der Waals surface area contributed by atoms with Crippen LogP contribution in [0.1, 0.15) is 18.1 Å². The highest BCUT2D eigenvalue weighted by Crippen LogP contribution is 2.28. The number of nitrogens with zero attached hydrogens (tertiary/aromatic N) is 5. The number of methoxy groups -OCH3 is 1. The van der Waals surface area contributed by atoms with Gasteiger partial charge in [-0.05, 0) is 12.1 Å². The molecule has 136 valence electrons. The first-order valence-corrected chi connectivity index (χ1v) is 8.82. The largest absolute Gasteiger partial charge is 0.496 e. The minimum atomic E-state index is -0.364. The van der Waals surface area contributed by atoms with E-state index in [1.807, 2.05) is 35.9 Å². The van der Waals surface area contributed by atoms with E-state index in [4.69, 9.17) is 15.0 Å². The number of carbonyl (C=O) groups is 1. The van der Waals surface area contributed by atoms with Crippen molar-refractivity contribution in [1.82, 2.24) is 24.9 Å². The third kappa shape index (κ3) is 4.02. The first-order valence-electron chi connectivity index (χ1n) is 7.84. The summed E-state index contributed by atoms with van der Waals surface area (Å²) in [5.74, 6) is 2.41. The fraction of sp³-hybridized carbons (Fsp3) is 0.312. The summed E-state index contributed by atoms with van der Waals surface area (Å²) in [4.78, 5) is 15.3. The Morgan fingerprint density at radius 1 is 1.35 bits per heavy atom. The fourth-order valence-corrected chi connectivity index (χ4v) is 3.07. The number of hydrogen-bond donors (Lipinski definition) is 1. The van der Waals surface area contributed by atoms with E-state index in [1.54, 1.807) is 7.11 Å². The molecule has 2 N–H and O–H groups in total. The molecular formula is C16H18N6O3S. The Kier molecular flexibility index (Phi) is 5.52. The molecule has 0 unspecified atom stereocenters. The van der Waals surface area contributed by atoms with E-state index in [0.29, 0.717) is 40.6 Å². The topological polar surface area (TPSA) is 122 Å². The number of aromatic nitrogens is 5. The van der Waals surface area contributed by atoms with E-state index in [1.165, 1.54) is 11.8 Å². The average Bonchev–Trinajstić information content (AvgIpc) is 3.25. The van der Waals surface area contributed by atoms with Crippen molar-refractivity contribution in [3.8, 4) is 17.1 Å². The lowest BCUT2D eigenvalue weighted by Gasteiger charge is -2.03. The van der Waals surface area contributed by atoms with Crippen molar-refractivity contribution in [3.05, 3.63) is 36.0 Å². The zero-order valence-corrected chi connectivity index (χ0v) is 15.2. The highest BCUT2D eigenvalue weighted by Gasteiger charge is 2.15. The number of hydrogen-bond acceptors (Lipinski definition) is 8. The van der Waals surface area contributed by atoms with Crippen LogP contribution in [0.25, 0.3) is 11.4 Å². The van der Waals surface area contributed by atoms with Gasteiger partial charge in [0, 0.05) is 19.9 Å². The molecule has 3 rings (SSSR count). The molecule has 0 saturated heterocycles. The van der Waals surface area contributed by atoms with E-state index < -0.39 is 0 Å². The second kappa shape index (κ2) is 8.00. The van der Waals surface area contributed by atoms with E-state index >= 15 is 0 Å². The quantitative estimate of drug-likeness (QED) is 0.590. The molecule has 0 aliphatic rings. The van der Waals surface area contributed by atoms with Crippen LogP contribution in [0.3, 0.4) is 0 Å². The maximum atomic E-state index is 10.9. The molecule has 0 aliphatic carbocycles. The van der Waals surface area contributed by atoms with Crippen LogP contribution in [0.15, 0.2) is 33.9 Å². The van der Waals surface area contributed by atoms with Gasteiger partial charge in [0.05, 0.1) is 18.4 Å². The summed E-state index contributed by atoms with van der Waals surface area (Å²) >= 11 is 1.42. The molecule has 9 nitrogen and oxygen atoms in total. The smallest absolute Gasteiger partial charge is 0.237 e. The van der Waals surface area contributed by atoms with Crippen LogP contribution in [0, 0.1) is 0 Å². The highest BCUT2D eigenvalue weighted by molar-refractivity contribution is 7.98. The minimum absolute atomic E-state index is 0.239. The van der Waals surface area contributed by atoms with E-state index in [0.717, 1.165) is 5.56 Å². The minimum Gasteiger partial charge on any atom is -0.496 e. The molecule has 0 aliphatic heterocycles. The van der Waals surface area contributed by atoms with Crippen LogP contribution in [0.5, 0.6) is 5.75 Å². The lowest BCUT2D eigenvalue weighted by Crippen LogP contribution is -2.12. The predicted molar refractivity (Wildman–Crippen MR) is 94.4 cm³/mol. The van der Waals surface area contributed by atoms with Gasteiger partial charge in [0.1, 0.15) is 11.6 Å². The van der Waals surface area contributed by atoms with Gasteiger partial charge in [-0.2, -0.15) is 4.98 Å². The number of aryl methyl sites for hydroxylation is 1. The van der Waals surface area contributed by atoms with Crippen LogP contribution in [0.2, 0.25) is 0 Å². The van der Waals surface area contributed by atoms with E-state index in [-0.39, 0.29) is 12.3 Å². The van der Waals surface area contributed by atoms with Crippen molar-refractivity contribution in [3.63, 3.8) is 0 Å².